The van der Waals surface area contributed by atoms with Crippen molar-refractivity contribution in [2.45, 2.75) is 12.8 Å². The zero-order valence-electron chi connectivity index (χ0n) is 4.88. The highest BCUT2D eigenvalue weighted by Crippen LogP contribution is 1.96. The molecule has 0 heterocycles. The minimum Gasteiger partial charge on any atom is -0.286 e. The fraction of sp³-hybridized carbons (Fsp3) is 1.00. The molecule has 0 rings (SSSR count). The summed E-state index contributed by atoms with van der Waals surface area (Å²) in [6.07, 6.45) is 1.30. The molecule has 0 spiro atoms. The van der Waals surface area contributed by atoms with Crippen LogP contribution in [-0.4, -0.2) is 24.1 Å². The van der Waals surface area contributed by atoms with E-state index in [1.165, 1.54) is 0 Å². The first-order valence-electron chi connectivity index (χ1n) is 2.57. The number of halogens is 1. The van der Waals surface area contributed by atoms with Gasteiger partial charge in [-0.2, -0.15) is 8.42 Å². The van der Waals surface area contributed by atoms with Gasteiger partial charge < -0.3 is 0 Å². The zero-order valence-corrected chi connectivity index (χ0v) is 7.28. The Kier molecular flexibility index (Phi) is 4.43. The quantitative estimate of drug-likeness (QED) is 0.435. The summed E-state index contributed by atoms with van der Waals surface area (Å²) in [4.78, 5) is 0. The molecular formula is C4H9BrO3S. The van der Waals surface area contributed by atoms with E-state index in [2.05, 4.69) is 15.9 Å². The van der Waals surface area contributed by atoms with Crippen LogP contribution in [-0.2, 0) is 10.1 Å². The van der Waals surface area contributed by atoms with Gasteiger partial charge in [0.1, 0.15) is 0 Å². The van der Waals surface area contributed by atoms with Crippen LogP contribution in [0.15, 0.2) is 0 Å². The SMILES string of the molecule is O=S(=O)(O)CCCCBr. The maximum absolute atomic E-state index is 10.0. The predicted octanol–water partition coefficient (Wildman–Crippen LogP) is 1.05. The Morgan fingerprint density at radius 2 is 1.89 bits per heavy atom. The lowest BCUT2D eigenvalue weighted by molar-refractivity contribution is 0.481. The number of unbranched alkanes of at least 4 members (excludes halogenated alkanes) is 1. The highest BCUT2D eigenvalue weighted by Gasteiger charge is 2.01. The molecule has 0 saturated carbocycles. The van der Waals surface area contributed by atoms with Crippen molar-refractivity contribution in [2.24, 2.45) is 0 Å². The maximum Gasteiger partial charge on any atom is 0.264 e. The number of alkyl halides is 1. The van der Waals surface area contributed by atoms with E-state index in [1.807, 2.05) is 0 Å². The molecule has 0 saturated heterocycles. The van der Waals surface area contributed by atoms with Crippen molar-refractivity contribution in [1.82, 2.24) is 0 Å². The molecule has 0 atom stereocenters. The first kappa shape index (κ1) is 9.39. The molecule has 0 aromatic carbocycles. The van der Waals surface area contributed by atoms with Crippen molar-refractivity contribution in [3.8, 4) is 0 Å². The number of rotatable bonds is 4. The third-order valence-corrected chi connectivity index (χ3v) is 2.15. The van der Waals surface area contributed by atoms with Crippen molar-refractivity contribution < 1.29 is 13.0 Å². The molecule has 9 heavy (non-hydrogen) atoms. The van der Waals surface area contributed by atoms with Gasteiger partial charge >= 0.3 is 0 Å². The Morgan fingerprint density at radius 1 is 1.33 bits per heavy atom. The normalized spacial score (nSPS) is 11.8. The first-order valence-corrected chi connectivity index (χ1v) is 5.30. The van der Waals surface area contributed by atoms with E-state index in [0.29, 0.717) is 6.42 Å². The van der Waals surface area contributed by atoms with Gasteiger partial charge in [0.15, 0.2) is 0 Å². The molecule has 5 heteroatoms. The van der Waals surface area contributed by atoms with Crippen molar-refractivity contribution in [2.75, 3.05) is 11.1 Å². The van der Waals surface area contributed by atoms with Gasteiger partial charge in [0.05, 0.1) is 5.75 Å². The summed E-state index contributed by atoms with van der Waals surface area (Å²) >= 11 is 3.14. The van der Waals surface area contributed by atoms with Gasteiger partial charge in [0.25, 0.3) is 10.1 Å². The van der Waals surface area contributed by atoms with Gasteiger partial charge in [-0.1, -0.05) is 15.9 Å². The second-order valence-electron chi connectivity index (χ2n) is 1.68. The average molecular weight is 217 g/mol. The van der Waals surface area contributed by atoms with E-state index in [1.54, 1.807) is 0 Å². The van der Waals surface area contributed by atoms with Crippen LogP contribution in [0.4, 0.5) is 0 Å². The summed E-state index contributed by atoms with van der Waals surface area (Å²) < 4.78 is 28.3. The fourth-order valence-electron chi connectivity index (χ4n) is 0.379. The molecule has 0 bridgehead atoms. The fourth-order valence-corrected chi connectivity index (χ4v) is 1.34. The summed E-state index contributed by atoms with van der Waals surface area (Å²) in [5, 5.41) is 0.780. The van der Waals surface area contributed by atoms with Crippen LogP contribution in [0.25, 0.3) is 0 Å². The molecule has 1 N–H and O–H groups in total. The van der Waals surface area contributed by atoms with Gasteiger partial charge in [-0.3, -0.25) is 4.55 Å². The Bertz CT molecular complexity index is 151. The first-order chi connectivity index (χ1) is 4.06. The van der Waals surface area contributed by atoms with Crippen LogP contribution >= 0.6 is 15.9 Å². The monoisotopic (exact) mass is 216 g/mol. The lowest BCUT2D eigenvalue weighted by Gasteiger charge is -1.92. The molecule has 0 amide bonds. The highest BCUT2D eigenvalue weighted by atomic mass is 79.9. The Labute approximate surface area is 63.3 Å². The Morgan fingerprint density at radius 3 is 2.22 bits per heavy atom. The standard InChI is InChI=1S/C4H9BrO3S/c5-3-1-2-4-9(6,7)8/h1-4H2,(H,6,7,8). The molecule has 0 aliphatic carbocycles. The smallest absolute Gasteiger partial charge is 0.264 e. The second-order valence-corrected chi connectivity index (χ2v) is 4.05. The summed E-state index contributed by atoms with van der Waals surface area (Å²) in [5.74, 6) is -0.126. The van der Waals surface area contributed by atoms with Gasteiger partial charge in [-0.05, 0) is 12.8 Å². The van der Waals surface area contributed by atoms with Crippen molar-refractivity contribution in [3.05, 3.63) is 0 Å². The van der Waals surface area contributed by atoms with Gasteiger partial charge in [-0.15, -0.1) is 0 Å². The molecule has 0 aromatic rings. The second kappa shape index (κ2) is 4.24. The minimum atomic E-state index is -3.72. The number of hydrogen-bond acceptors (Lipinski definition) is 2. The van der Waals surface area contributed by atoms with Crippen LogP contribution in [0.3, 0.4) is 0 Å². The van der Waals surface area contributed by atoms with Gasteiger partial charge in [0, 0.05) is 5.33 Å². The Hall–Kier alpha value is 0.390. The van der Waals surface area contributed by atoms with Crippen LogP contribution in [0.1, 0.15) is 12.8 Å². The third-order valence-electron chi connectivity index (χ3n) is 0.786. The van der Waals surface area contributed by atoms with E-state index in [4.69, 9.17) is 4.55 Å². The number of hydrogen-bond donors (Lipinski definition) is 1. The zero-order chi connectivity index (χ0) is 7.33. The average Bonchev–Trinajstić information content (AvgIpc) is 1.63. The Balaban J connectivity index is 3.30. The van der Waals surface area contributed by atoms with E-state index >= 15 is 0 Å². The lowest BCUT2D eigenvalue weighted by atomic mass is 10.4. The molecule has 0 unspecified atom stereocenters. The van der Waals surface area contributed by atoms with Crippen LogP contribution in [0.5, 0.6) is 0 Å². The summed E-state index contributed by atoms with van der Waals surface area (Å²) in [6.45, 7) is 0. The minimum absolute atomic E-state index is 0.126. The van der Waals surface area contributed by atoms with Crippen LogP contribution < -0.4 is 0 Å². The molecule has 0 aromatic heterocycles. The van der Waals surface area contributed by atoms with E-state index < -0.39 is 10.1 Å². The van der Waals surface area contributed by atoms with E-state index in [9.17, 15) is 8.42 Å². The maximum atomic E-state index is 10.0. The largest absolute Gasteiger partial charge is 0.286 e. The van der Waals surface area contributed by atoms with Crippen molar-refractivity contribution in [3.63, 3.8) is 0 Å². The van der Waals surface area contributed by atoms with E-state index in [-0.39, 0.29) is 5.75 Å². The molecule has 0 fully saturated rings. The third kappa shape index (κ3) is 8.39. The van der Waals surface area contributed by atoms with Crippen molar-refractivity contribution >= 4 is 26.0 Å². The van der Waals surface area contributed by atoms with Gasteiger partial charge in [0.2, 0.25) is 0 Å². The van der Waals surface area contributed by atoms with Crippen LogP contribution in [0, 0.1) is 0 Å². The molecule has 56 valence electrons. The summed E-state index contributed by atoms with van der Waals surface area (Å²) in [5.41, 5.74) is 0. The molecule has 0 aliphatic heterocycles. The molecule has 0 aliphatic rings. The highest BCUT2D eigenvalue weighted by molar-refractivity contribution is 9.09. The van der Waals surface area contributed by atoms with Crippen molar-refractivity contribution in [1.29, 1.82) is 0 Å². The predicted molar refractivity (Wildman–Crippen MR) is 39.4 cm³/mol. The summed E-state index contributed by atoms with van der Waals surface area (Å²) in [6, 6.07) is 0. The van der Waals surface area contributed by atoms with E-state index in [0.717, 1.165) is 11.8 Å². The molecule has 0 radical (unpaired) electrons. The topological polar surface area (TPSA) is 54.4 Å². The molecular weight excluding hydrogens is 208 g/mol. The summed E-state index contributed by atoms with van der Waals surface area (Å²) in [7, 11) is -3.72. The van der Waals surface area contributed by atoms with Gasteiger partial charge in [-0.25, -0.2) is 0 Å². The van der Waals surface area contributed by atoms with Crippen LogP contribution in [0.2, 0.25) is 0 Å². The molecule has 3 nitrogen and oxygen atoms in total. The lowest BCUT2D eigenvalue weighted by Crippen LogP contribution is -2.03.